The van der Waals surface area contributed by atoms with Gasteiger partial charge in [-0.25, -0.2) is 0 Å². The van der Waals surface area contributed by atoms with Crippen molar-refractivity contribution in [3.05, 3.63) is 0 Å². The largest absolute Gasteiger partial charge is 0.524 e. The Bertz CT molecular complexity index is 182. The number of rotatable bonds is 2. The molecule has 0 saturated carbocycles. The maximum absolute atomic E-state index is 11.0. The van der Waals surface area contributed by atoms with E-state index in [0.717, 1.165) is 4.48 Å². The summed E-state index contributed by atoms with van der Waals surface area (Å²) in [7, 11) is 8.50. The molecule has 0 amide bonds. The number of carboxylic acid groups (broad SMARTS) is 1. The lowest BCUT2D eigenvalue weighted by Crippen LogP contribution is -2.27. The summed E-state index contributed by atoms with van der Waals surface area (Å²) in [4.78, 5) is 9.30. The summed E-state index contributed by atoms with van der Waals surface area (Å²) < 4.78 is 40.1. The van der Waals surface area contributed by atoms with Crippen molar-refractivity contribution >= 4 is 6.16 Å². The Morgan fingerprint density at radius 3 is 1.80 bits per heavy atom. The number of carbonyl (C=O) groups excluding carboxylic acids is 1. The molecule has 0 unspecified atom stereocenters. The van der Waals surface area contributed by atoms with Gasteiger partial charge in [-0.15, -0.1) is 13.2 Å². The van der Waals surface area contributed by atoms with Crippen LogP contribution in [0.15, 0.2) is 0 Å². The van der Waals surface area contributed by atoms with Crippen molar-refractivity contribution in [2.24, 2.45) is 0 Å². The van der Waals surface area contributed by atoms with Crippen molar-refractivity contribution in [1.82, 2.24) is 0 Å². The first-order valence-corrected chi connectivity index (χ1v) is 3.75. The van der Waals surface area contributed by atoms with Crippen LogP contribution < -0.4 is 5.11 Å². The van der Waals surface area contributed by atoms with Gasteiger partial charge in [0.05, 0.1) is 28.2 Å². The predicted molar refractivity (Wildman–Crippen MR) is 42.4 cm³/mol. The highest BCUT2D eigenvalue weighted by atomic mass is 19.4. The first-order valence-electron chi connectivity index (χ1n) is 3.75. The van der Waals surface area contributed by atoms with Crippen molar-refractivity contribution < 1.29 is 37.0 Å². The highest BCUT2D eigenvalue weighted by molar-refractivity contribution is 5.53. The van der Waals surface area contributed by atoms with Gasteiger partial charge in [-0.2, -0.15) is 0 Å². The number of carbonyl (C=O) groups is 1. The maximum Gasteiger partial charge on any atom is 0.524 e. The number of hydrogen-bond acceptors (Lipinski definition) is 4. The number of nitrogens with zero attached hydrogens (tertiary/aromatic N) is 1. The van der Waals surface area contributed by atoms with Crippen LogP contribution in [0.4, 0.5) is 18.0 Å². The molecule has 0 aliphatic carbocycles. The van der Waals surface area contributed by atoms with Gasteiger partial charge in [0.1, 0.15) is 6.79 Å². The van der Waals surface area contributed by atoms with Gasteiger partial charge in [0.2, 0.25) is 0 Å². The third-order valence-corrected chi connectivity index (χ3v) is 0.399. The van der Waals surface area contributed by atoms with Gasteiger partial charge in [-0.3, -0.25) is 4.74 Å². The summed E-state index contributed by atoms with van der Waals surface area (Å²) in [5.74, 6) is 0. The maximum atomic E-state index is 11.0. The van der Waals surface area contributed by atoms with Crippen LogP contribution in [0.3, 0.4) is 0 Å². The Kier molecular flexibility index (Phi) is 7.07. The van der Waals surface area contributed by atoms with E-state index in [2.05, 4.69) is 37.7 Å². The summed E-state index contributed by atoms with van der Waals surface area (Å²) in [5.41, 5.74) is 0. The lowest BCUT2D eigenvalue weighted by molar-refractivity contribution is -0.849. The number of quaternary nitrogens is 1. The number of alkyl halides is 3. The first-order chi connectivity index (χ1) is 6.42. The number of ether oxygens (including phenoxy) is 2. The lowest BCUT2D eigenvalue weighted by atomic mass is 10.8. The fraction of sp³-hybridized carbons (Fsp3) is 0.857. The first kappa shape index (κ1) is 16.4. The summed E-state index contributed by atoms with van der Waals surface area (Å²) in [6.07, 6.45) is -6.95. The molecule has 0 rings (SSSR count). The zero-order valence-corrected chi connectivity index (χ0v) is 8.92. The molecular formula is C7H14F3NO4. The minimum Gasteiger partial charge on any atom is -0.523 e. The monoisotopic (exact) mass is 233 g/mol. The van der Waals surface area contributed by atoms with Crippen LogP contribution in [-0.4, -0.2) is 52.0 Å². The topological polar surface area (TPSA) is 58.6 Å². The zero-order chi connectivity index (χ0) is 12.7. The molecule has 15 heavy (non-hydrogen) atoms. The van der Waals surface area contributed by atoms with Gasteiger partial charge >= 0.3 is 6.36 Å². The molecule has 0 bridgehead atoms. The van der Waals surface area contributed by atoms with Gasteiger partial charge in [0.25, 0.3) is 6.16 Å². The molecule has 0 aromatic heterocycles. The summed E-state index contributed by atoms with van der Waals surface area (Å²) in [6.45, 7) is -1.40. The van der Waals surface area contributed by atoms with E-state index in [1.807, 2.05) is 0 Å². The SMILES string of the molecule is C[N+](C)(C)C.O=C([O-])OCOC(F)(F)F. The van der Waals surface area contributed by atoms with Crippen molar-refractivity contribution in [2.75, 3.05) is 35.0 Å². The standard InChI is InChI=1S/C4H12N.C3H3F3O4/c1-5(2,3)4;4-3(5,6)10-1-9-2(7)8/h1-4H3;1H2,(H,7,8)/q+1;/p-1. The Morgan fingerprint density at radius 1 is 1.27 bits per heavy atom. The van der Waals surface area contributed by atoms with E-state index >= 15 is 0 Å². The van der Waals surface area contributed by atoms with Crippen LogP contribution in [0.25, 0.3) is 0 Å². The van der Waals surface area contributed by atoms with E-state index in [-0.39, 0.29) is 0 Å². The minimum atomic E-state index is -4.88. The molecule has 0 atom stereocenters. The second kappa shape index (κ2) is 6.46. The van der Waals surface area contributed by atoms with Gasteiger partial charge < -0.3 is 19.1 Å². The fourth-order valence-corrected chi connectivity index (χ4v) is 0.144. The summed E-state index contributed by atoms with van der Waals surface area (Å²) >= 11 is 0. The molecule has 0 spiro atoms. The Morgan fingerprint density at radius 2 is 1.60 bits per heavy atom. The Labute approximate surface area is 85.6 Å². The zero-order valence-electron chi connectivity index (χ0n) is 8.92. The van der Waals surface area contributed by atoms with Gasteiger partial charge in [-0.1, -0.05) is 0 Å². The molecule has 0 saturated heterocycles. The Hall–Kier alpha value is -1.02. The molecule has 8 heteroatoms. The molecule has 0 heterocycles. The second-order valence-corrected chi connectivity index (χ2v) is 3.79. The van der Waals surface area contributed by atoms with Gasteiger partial charge in [0.15, 0.2) is 0 Å². The molecule has 0 N–H and O–H groups in total. The molecule has 0 aliphatic heterocycles. The van der Waals surface area contributed by atoms with Crippen molar-refractivity contribution in [3.8, 4) is 0 Å². The molecular weight excluding hydrogens is 219 g/mol. The van der Waals surface area contributed by atoms with Crippen molar-refractivity contribution in [3.63, 3.8) is 0 Å². The Balaban J connectivity index is 0. The van der Waals surface area contributed by atoms with E-state index in [1.165, 1.54) is 0 Å². The lowest BCUT2D eigenvalue weighted by Gasteiger charge is -2.14. The van der Waals surface area contributed by atoms with Gasteiger partial charge in [-0.05, 0) is 0 Å². The average molecular weight is 233 g/mol. The molecule has 0 radical (unpaired) electrons. The van der Waals surface area contributed by atoms with Gasteiger partial charge in [0, 0.05) is 0 Å². The van der Waals surface area contributed by atoms with Crippen LogP contribution in [0.2, 0.25) is 0 Å². The van der Waals surface area contributed by atoms with Crippen molar-refractivity contribution in [1.29, 1.82) is 0 Å². The van der Waals surface area contributed by atoms with E-state index in [1.54, 1.807) is 0 Å². The molecule has 0 aromatic carbocycles. The van der Waals surface area contributed by atoms with Crippen LogP contribution >= 0.6 is 0 Å². The average Bonchev–Trinajstić information content (AvgIpc) is 1.77. The van der Waals surface area contributed by atoms with Crippen LogP contribution in [0.1, 0.15) is 0 Å². The van der Waals surface area contributed by atoms with E-state index in [0.29, 0.717) is 0 Å². The quantitative estimate of drug-likeness (QED) is 0.387. The summed E-state index contributed by atoms with van der Waals surface area (Å²) in [5, 5.41) is 9.30. The van der Waals surface area contributed by atoms with E-state index in [4.69, 9.17) is 0 Å². The normalized spacial score (nSPS) is 11.4. The molecule has 0 aliphatic rings. The molecule has 5 nitrogen and oxygen atoms in total. The van der Waals surface area contributed by atoms with E-state index in [9.17, 15) is 23.1 Å². The highest BCUT2D eigenvalue weighted by Gasteiger charge is 2.28. The molecule has 0 fully saturated rings. The third-order valence-electron chi connectivity index (χ3n) is 0.399. The minimum absolute atomic E-state index is 1.00. The number of halogens is 3. The smallest absolute Gasteiger partial charge is 0.523 e. The van der Waals surface area contributed by atoms with Crippen LogP contribution in [0.5, 0.6) is 0 Å². The molecule has 92 valence electrons. The third kappa shape index (κ3) is 43.8. The highest BCUT2D eigenvalue weighted by Crippen LogP contribution is 2.15. The predicted octanol–water partition coefficient (Wildman–Crippen LogP) is 0.163. The van der Waals surface area contributed by atoms with E-state index < -0.39 is 19.3 Å². The second-order valence-electron chi connectivity index (χ2n) is 3.79. The molecule has 0 aromatic rings. The number of hydrogen-bond donors (Lipinski definition) is 0. The summed E-state index contributed by atoms with van der Waals surface area (Å²) in [6, 6.07) is 0. The van der Waals surface area contributed by atoms with Crippen molar-refractivity contribution in [2.45, 2.75) is 6.36 Å². The fourth-order valence-electron chi connectivity index (χ4n) is 0.144. The van der Waals surface area contributed by atoms with Crippen LogP contribution in [0, 0.1) is 0 Å². The van der Waals surface area contributed by atoms with Crippen LogP contribution in [-0.2, 0) is 9.47 Å².